The number of hydrogen-bond acceptors (Lipinski definition) is 3. The molecule has 0 saturated carbocycles. The molecule has 0 spiro atoms. The molecule has 0 atom stereocenters. The van der Waals surface area contributed by atoms with Gasteiger partial charge >= 0.3 is 6.18 Å². The van der Waals surface area contributed by atoms with Gasteiger partial charge in [0.2, 0.25) is 0 Å². The van der Waals surface area contributed by atoms with Crippen LogP contribution in [0.1, 0.15) is 5.56 Å². The minimum Gasteiger partial charge on any atom is -0.217 e. The van der Waals surface area contributed by atoms with Crippen molar-refractivity contribution in [2.45, 2.75) is 6.18 Å². The smallest absolute Gasteiger partial charge is 0.217 e. The Morgan fingerprint density at radius 3 is 2.57 bits per heavy atom. The Kier molecular flexibility index (Phi) is 3.33. The predicted molar refractivity (Wildman–Crippen MR) is 72.8 cm³/mol. The minimum atomic E-state index is -4.78. The van der Waals surface area contributed by atoms with E-state index in [4.69, 9.17) is 11.6 Å². The van der Waals surface area contributed by atoms with Gasteiger partial charge in [0.25, 0.3) is 0 Å². The SMILES string of the molecule is Fc1c(-c2nc(Cl)c3ccsc3n2)cccc1C(F)(F)F. The van der Waals surface area contributed by atoms with Crippen LogP contribution in [0.3, 0.4) is 0 Å². The summed E-state index contributed by atoms with van der Waals surface area (Å²) in [6.07, 6.45) is -4.78. The zero-order valence-electron chi connectivity index (χ0n) is 10.1. The molecule has 3 rings (SSSR count). The van der Waals surface area contributed by atoms with Crippen LogP contribution in [0.2, 0.25) is 5.15 Å². The summed E-state index contributed by atoms with van der Waals surface area (Å²) in [4.78, 5) is 8.44. The van der Waals surface area contributed by atoms with E-state index in [2.05, 4.69) is 9.97 Å². The molecule has 0 radical (unpaired) electrons. The van der Waals surface area contributed by atoms with E-state index < -0.39 is 17.6 Å². The van der Waals surface area contributed by atoms with Gasteiger partial charge in [0.05, 0.1) is 11.1 Å². The summed E-state index contributed by atoms with van der Waals surface area (Å²) in [6, 6.07) is 4.66. The fraction of sp³-hybridized carbons (Fsp3) is 0.0769. The molecule has 2 aromatic heterocycles. The van der Waals surface area contributed by atoms with Gasteiger partial charge in [-0.25, -0.2) is 14.4 Å². The van der Waals surface area contributed by atoms with Gasteiger partial charge in [-0.1, -0.05) is 17.7 Å². The van der Waals surface area contributed by atoms with Crippen molar-refractivity contribution in [3.63, 3.8) is 0 Å². The van der Waals surface area contributed by atoms with Gasteiger partial charge in [-0.3, -0.25) is 0 Å². The summed E-state index contributed by atoms with van der Waals surface area (Å²) in [5.41, 5.74) is -1.69. The average Bonchev–Trinajstić information content (AvgIpc) is 2.86. The van der Waals surface area contributed by atoms with Crippen LogP contribution in [0.4, 0.5) is 17.6 Å². The van der Waals surface area contributed by atoms with E-state index in [0.717, 1.165) is 6.07 Å². The first-order chi connectivity index (χ1) is 9.88. The number of fused-ring (bicyclic) bond motifs is 1. The van der Waals surface area contributed by atoms with E-state index in [1.165, 1.54) is 17.4 Å². The Labute approximate surface area is 125 Å². The molecule has 108 valence electrons. The van der Waals surface area contributed by atoms with Crippen molar-refractivity contribution in [3.8, 4) is 11.4 Å². The lowest BCUT2D eigenvalue weighted by molar-refractivity contribution is -0.139. The third kappa shape index (κ3) is 2.47. The highest BCUT2D eigenvalue weighted by Gasteiger charge is 2.35. The number of rotatable bonds is 1. The van der Waals surface area contributed by atoms with Crippen LogP contribution in [-0.2, 0) is 6.18 Å². The van der Waals surface area contributed by atoms with Gasteiger partial charge in [-0.15, -0.1) is 11.3 Å². The number of thiophene rings is 1. The molecule has 2 nitrogen and oxygen atoms in total. The summed E-state index contributed by atoms with van der Waals surface area (Å²) in [7, 11) is 0. The molecule has 21 heavy (non-hydrogen) atoms. The number of benzene rings is 1. The largest absolute Gasteiger partial charge is 0.419 e. The molecule has 0 aliphatic carbocycles. The highest BCUT2D eigenvalue weighted by atomic mass is 35.5. The first kappa shape index (κ1) is 14.2. The third-order valence-electron chi connectivity index (χ3n) is 2.82. The Hall–Kier alpha value is -1.73. The van der Waals surface area contributed by atoms with Crippen LogP contribution in [0.5, 0.6) is 0 Å². The molecular formula is C13H5ClF4N2S. The van der Waals surface area contributed by atoms with E-state index in [-0.39, 0.29) is 16.5 Å². The van der Waals surface area contributed by atoms with Crippen molar-refractivity contribution in [2.24, 2.45) is 0 Å². The Morgan fingerprint density at radius 1 is 1.10 bits per heavy atom. The molecule has 0 saturated heterocycles. The second-order valence-corrected chi connectivity index (χ2v) is 5.39. The Morgan fingerprint density at radius 2 is 1.86 bits per heavy atom. The Bertz CT molecular complexity index is 829. The van der Waals surface area contributed by atoms with Crippen molar-refractivity contribution in [1.82, 2.24) is 9.97 Å². The van der Waals surface area contributed by atoms with Gasteiger partial charge in [-0.2, -0.15) is 13.2 Å². The van der Waals surface area contributed by atoms with E-state index in [9.17, 15) is 17.6 Å². The van der Waals surface area contributed by atoms with Crippen LogP contribution in [0, 0.1) is 5.82 Å². The zero-order chi connectivity index (χ0) is 15.2. The van der Waals surface area contributed by atoms with E-state index in [1.807, 2.05) is 0 Å². The zero-order valence-corrected chi connectivity index (χ0v) is 11.7. The van der Waals surface area contributed by atoms with Crippen molar-refractivity contribution in [3.05, 3.63) is 46.2 Å². The summed E-state index contributed by atoms with van der Waals surface area (Å²) in [5.74, 6) is -1.57. The molecule has 0 amide bonds. The minimum absolute atomic E-state index is 0.0769. The van der Waals surface area contributed by atoms with E-state index in [0.29, 0.717) is 16.3 Å². The second-order valence-electron chi connectivity index (χ2n) is 4.14. The maximum absolute atomic E-state index is 14.1. The summed E-state index contributed by atoms with van der Waals surface area (Å²) in [6.45, 7) is 0. The maximum Gasteiger partial charge on any atom is 0.419 e. The monoisotopic (exact) mass is 332 g/mol. The Balaban J connectivity index is 2.23. The molecule has 1 aromatic carbocycles. The van der Waals surface area contributed by atoms with Gasteiger partial charge in [0.15, 0.2) is 5.82 Å². The van der Waals surface area contributed by atoms with Crippen LogP contribution < -0.4 is 0 Å². The number of alkyl halides is 3. The summed E-state index contributed by atoms with van der Waals surface area (Å²) < 4.78 is 52.2. The normalized spacial score (nSPS) is 12.0. The number of aromatic nitrogens is 2. The van der Waals surface area contributed by atoms with Gasteiger partial charge in [0.1, 0.15) is 15.8 Å². The standard InChI is InChI=1S/C13H5ClF4N2S/c14-10-7-4-5-21-12(7)20-11(19-10)6-2-1-3-8(9(6)15)13(16,17)18/h1-5H. The fourth-order valence-corrected chi connectivity index (χ4v) is 2.92. The molecule has 0 aliphatic heterocycles. The third-order valence-corrected chi connectivity index (χ3v) is 3.92. The fourth-order valence-electron chi connectivity index (χ4n) is 1.86. The van der Waals surface area contributed by atoms with Crippen LogP contribution in [0.25, 0.3) is 21.6 Å². The van der Waals surface area contributed by atoms with Crippen molar-refractivity contribution in [1.29, 1.82) is 0 Å². The number of halogens is 5. The van der Waals surface area contributed by atoms with Crippen molar-refractivity contribution >= 4 is 33.2 Å². The lowest BCUT2D eigenvalue weighted by atomic mass is 10.1. The molecule has 8 heteroatoms. The van der Waals surface area contributed by atoms with E-state index >= 15 is 0 Å². The molecule has 0 N–H and O–H groups in total. The van der Waals surface area contributed by atoms with Gasteiger partial charge < -0.3 is 0 Å². The van der Waals surface area contributed by atoms with Crippen LogP contribution in [0.15, 0.2) is 29.6 Å². The van der Waals surface area contributed by atoms with Gasteiger partial charge in [-0.05, 0) is 23.6 Å². The molecule has 0 unspecified atom stereocenters. The number of nitrogens with zero attached hydrogens (tertiary/aromatic N) is 2. The highest BCUT2D eigenvalue weighted by molar-refractivity contribution is 7.16. The first-order valence-electron chi connectivity index (χ1n) is 5.65. The maximum atomic E-state index is 14.1. The van der Waals surface area contributed by atoms with Crippen LogP contribution >= 0.6 is 22.9 Å². The molecule has 2 heterocycles. The molecule has 0 fully saturated rings. The van der Waals surface area contributed by atoms with Crippen molar-refractivity contribution in [2.75, 3.05) is 0 Å². The molecule has 3 aromatic rings. The predicted octanol–water partition coefficient (Wildman–Crippen LogP) is 5.17. The molecule has 0 aliphatic rings. The molecule has 0 bridgehead atoms. The highest BCUT2D eigenvalue weighted by Crippen LogP contribution is 2.35. The average molecular weight is 333 g/mol. The lowest BCUT2D eigenvalue weighted by Crippen LogP contribution is -2.09. The summed E-state index contributed by atoms with van der Waals surface area (Å²) >= 11 is 7.19. The van der Waals surface area contributed by atoms with Crippen molar-refractivity contribution < 1.29 is 17.6 Å². The topological polar surface area (TPSA) is 25.8 Å². The second kappa shape index (κ2) is 4.92. The first-order valence-corrected chi connectivity index (χ1v) is 6.90. The number of hydrogen-bond donors (Lipinski definition) is 0. The summed E-state index contributed by atoms with van der Waals surface area (Å²) in [5, 5.41) is 2.38. The lowest BCUT2D eigenvalue weighted by Gasteiger charge is -2.10. The van der Waals surface area contributed by atoms with E-state index in [1.54, 1.807) is 11.4 Å². The quantitative estimate of drug-likeness (QED) is 0.454. The van der Waals surface area contributed by atoms with Gasteiger partial charge in [0, 0.05) is 5.39 Å². The molecular weight excluding hydrogens is 328 g/mol. The van der Waals surface area contributed by atoms with Crippen LogP contribution in [-0.4, -0.2) is 9.97 Å².